The molecule has 0 bridgehead atoms. The van der Waals surface area contributed by atoms with Gasteiger partial charge in [0.25, 0.3) is 0 Å². The van der Waals surface area contributed by atoms with Crippen LogP contribution in [-0.4, -0.2) is 19.3 Å². The van der Waals surface area contributed by atoms with Crippen molar-refractivity contribution in [3.05, 3.63) is 34.9 Å². The van der Waals surface area contributed by atoms with Crippen LogP contribution in [-0.2, 0) is 14.4 Å². The van der Waals surface area contributed by atoms with E-state index in [4.69, 9.17) is 23.2 Å². The molecule has 0 fully saturated rings. The lowest BCUT2D eigenvalue weighted by Gasteiger charge is -2.02. The largest absolute Gasteiger partial charge is 0.328 e. The molecule has 94 valence electrons. The smallest absolute Gasteiger partial charge is 0.267 e. The van der Waals surface area contributed by atoms with Gasteiger partial charge in [-0.2, -0.15) is 8.42 Å². The zero-order chi connectivity index (χ0) is 12.9. The van der Waals surface area contributed by atoms with Crippen LogP contribution in [0.4, 0.5) is 0 Å². The SMILES string of the molecule is CCCS(=O)(=O)O/N=C(\Cl)c1ccccc1Cl. The van der Waals surface area contributed by atoms with Crippen molar-refractivity contribution in [2.75, 3.05) is 5.75 Å². The summed E-state index contributed by atoms with van der Waals surface area (Å²) in [6.45, 7) is 1.72. The van der Waals surface area contributed by atoms with Crippen LogP contribution in [0.25, 0.3) is 0 Å². The third kappa shape index (κ3) is 4.53. The van der Waals surface area contributed by atoms with Gasteiger partial charge in [0.1, 0.15) is 0 Å². The van der Waals surface area contributed by atoms with E-state index in [0.717, 1.165) is 0 Å². The monoisotopic (exact) mass is 295 g/mol. The molecule has 1 aromatic carbocycles. The normalized spacial score (nSPS) is 12.5. The summed E-state index contributed by atoms with van der Waals surface area (Å²) in [6.07, 6.45) is 0.446. The lowest BCUT2D eigenvalue weighted by atomic mass is 10.2. The van der Waals surface area contributed by atoms with Gasteiger partial charge >= 0.3 is 10.1 Å². The zero-order valence-corrected chi connectivity index (χ0v) is 11.4. The quantitative estimate of drug-likeness (QED) is 0.620. The van der Waals surface area contributed by atoms with Crippen LogP contribution >= 0.6 is 23.2 Å². The van der Waals surface area contributed by atoms with Crippen LogP contribution in [0.5, 0.6) is 0 Å². The second kappa shape index (κ2) is 6.23. The molecule has 0 N–H and O–H groups in total. The van der Waals surface area contributed by atoms with Gasteiger partial charge in [-0.3, -0.25) is 4.28 Å². The summed E-state index contributed by atoms with van der Waals surface area (Å²) in [5.41, 5.74) is 0.419. The second-order valence-corrected chi connectivity index (χ2v) is 5.64. The Morgan fingerprint density at radius 3 is 2.65 bits per heavy atom. The Bertz CT molecular complexity index is 514. The molecular weight excluding hydrogens is 285 g/mol. The molecule has 0 heterocycles. The van der Waals surface area contributed by atoms with Crippen molar-refractivity contribution in [2.45, 2.75) is 13.3 Å². The van der Waals surface area contributed by atoms with Crippen LogP contribution in [0.3, 0.4) is 0 Å². The van der Waals surface area contributed by atoms with Crippen molar-refractivity contribution < 1.29 is 12.7 Å². The van der Waals surface area contributed by atoms with Crippen molar-refractivity contribution in [3.63, 3.8) is 0 Å². The lowest BCUT2D eigenvalue weighted by Crippen LogP contribution is -2.07. The number of nitrogens with zero attached hydrogens (tertiary/aromatic N) is 1. The average molecular weight is 296 g/mol. The topological polar surface area (TPSA) is 55.7 Å². The Balaban J connectivity index is 2.85. The molecule has 7 heteroatoms. The van der Waals surface area contributed by atoms with Crippen molar-refractivity contribution in [1.29, 1.82) is 0 Å². The van der Waals surface area contributed by atoms with E-state index < -0.39 is 10.1 Å². The number of halogens is 2. The minimum atomic E-state index is -3.66. The number of hydrogen-bond donors (Lipinski definition) is 0. The standard InChI is InChI=1S/C10H11Cl2NO3S/c1-2-7-17(14,15)16-13-10(12)8-5-3-4-6-9(8)11/h3-6H,2,7H2,1H3/b13-10-. The third-order valence-corrected chi connectivity index (χ3v) is 3.59. The van der Waals surface area contributed by atoms with Gasteiger partial charge in [-0.25, -0.2) is 0 Å². The first-order chi connectivity index (χ1) is 7.96. The molecule has 0 aromatic heterocycles. The highest BCUT2D eigenvalue weighted by atomic mass is 35.5. The van der Waals surface area contributed by atoms with Gasteiger partial charge in [-0.05, 0) is 12.5 Å². The van der Waals surface area contributed by atoms with Crippen molar-refractivity contribution in [1.82, 2.24) is 0 Å². The van der Waals surface area contributed by atoms with Gasteiger partial charge in [0, 0.05) is 5.56 Å². The number of hydrogen-bond acceptors (Lipinski definition) is 4. The average Bonchev–Trinajstić information content (AvgIpc) is 2.27. The molecular formula is C10H11Cl2NO3S. The molecule has 0 atom stereocenters. The highest BCUT2D eigenvalue weighted by Gasteiger charge is 2.11. The summed E-state index contributed by atoms with van der Waals surface area (Å²) >= 11 is 11.7. The maximum absolute atomic E-state index is 11.2. The van der Waals surface area contributed by atoms with Crippen LogP contribution in [0.2, 0.25) is 5.02 Å². The zero-order valence-electron chi connectivity index (χ0n) is 9.06. The van der Waals surface area contributed by atoms with E-state index in [1.807, 2.05) is 0 Å². The fraction of sp³-hybridized carbons (Fsp3) is 0.300. The molecule has 0 amide bonds. The molecule has 1 rings (SSSR count). The molecule has 0 unspecified atom stereocenters. The number of oxime groups is 1. The van der Waals surface area contributed by atoms with Gasteiger partial charge < -0.3 is 0 Å². The molecule has 0 aliphatic rings. The third-order valence-electron chi connectivity index (χ3n) is 1.78. The van der Waals surface area contributed by atoms with Crippen molar-refractivity contribution in [3.8, 4) is 0 Å². The summed E-state index contributed by atoms with van der Waals surface area (Å²) in [7, 11) is -3.66. The van der Waals surface area contributed by atoms with Gasteiger partial charge in [-0.15, -0.1) is 0 Å². The minimum absolute atomic E-state index is 0.102. The molecule has 0 aliphatic carbocycles. The van der Waals surface area contributed by atoms with E-state index in [0.29, 0.717) is 17.0 Å². The van der Waals surface area contributed by atoms with Crippen LogP contribution < -0.4 is 0 Å². The molecule has 0 aliphatic heterocycles. The Morgan fingerprint density at radius 2 is 2.06 bits per heavy atom. The van der Waals surface area contributed by atoms with E-state index >= 15 is 0 Å². The number of benzene rings is 1. The van der Waals surface area contributed by atoms with Gasteiger partial charge in [0.15, 0.2) is 5.17 Å². The molecule has 1 aromatic rings. The first-order valence-corrected chi connectivity index (χ1v) is 7.19. The van der Waals surface area contributed by atoms with E-state index in [-0.39, 0.29) is 10.9 Å². The highest BCUT2D eigenvalue weighted by molar-refractivity contribution is 7.86. The maximum Gasteiger partial charge on any atom is 0.328 e. The lowest BCUT2D eigenvalue weighted by molar-refractivity contribution is 0.340. The molecule has 0 saturated carbocycles. The van der Waals surface area contributed by atoms with Crippen LogP contribution in [0, 0.1) is 0 Å². The fourth-order valence-corrected chi connectivity index (χ4v) is 2.33. The second-order valence-electron chi connectivity index (χ2n) is 3.20. The molecule has 0 saturated heterocycles. The summed E-state index contributed by atoms with van der Waals surface area (Å²) in [5, 5.41) is 3.63. The molecule has 17 heavy (non-hydrogen) atoms. The Morgan fingerprint density at radius 1 is 1.41 bits per heavy atom. The summed E-state index contributed by atoms with van der Waals surface area (Å²) < 4.78 is 26.9. The van der Waals surface area contributed by atoms with Crippen molar-refractivity contribution in [2.24, 2.45) is 5.16 Å². The summed E-state index contributed by atoms with van der Waals surface area (Å²) in [6, 6.07) is 6.67. The summed E-state index contributed by atoms with van der Waals surface area (Å²) in [4.78, 5) is 0. The molecule has 0 radical (unpaired) electrons. The first kappa shape index (κ1) is 14.3. The first-order valence-electron chi connectivity index (χ1n) is 4.86. The van der Waals surface area contributed by atoms with E-state index in [2.05, 4.69) is 9.44 Å². The van der Waals surface area contributed by atoms with Gasteiger partial charge in [-0.1, -0.05) is 53.5 Å². The highest BCUT2D eigenvalue weighted by Crippen LogP contribution is 2.18. The Hall–Kier alpha value is -0.780. The fourth-order valence-electron chi connectivity index (χ4n) is 1.05. The van der Waals surface area contributed by atoms with E-state index in [1.54, 1.807) is 31.2 Å². The number of rotatable bonds is 5. The predicted octanol–water partition coefficient (Wildman–Crippen LogP) is 3.00. The predicted molar refractivity (Wildman–Crippen MR) is 69.0 cm³/mol. The van der Waals surface area contributed by atoms with Gasteiger partial charge in [0.05, 0.1) is 10.8 Å². The Labute approximate surface area is 110 Å². The molecule has 4 nitrogen and oxygen atoms in total. The van der Waals surface area contributed by atoms with Gasteiger partial charge in [0.2, 0.25) is 0 Å². The van der Waals surface area contributed by atoms with E-state index in [9.17, 15) is 8.42 Å². The Kier molecular flexibility index (Phi) is 5.24. The summed E-state index contributed by atoms with van der Waals surface area (Å²) in [5.74, 6) is -0.108. The van der Waals surface area contributed by atoms with Crippen LogP contribution in [0.15, 0.2) is 29.4 Å². The maximum atomic E-state index is 11.2. The van der Waals surface area contributed by atoms with Crippen LogP contribution in [0.1, 0.15) is 18.9 Å². The minimum Gasteiger partial charge on any atom is -0.267 e. The van der Waals surface area contributed by atoms with Crippen molar-refractivity contribution >= 4 is 38.5 Å². The molecule has 0 spiro atoms. The van der Waals surface area contributed by atoms with E-state index in [1.165, 1.54) is 0 Å².